The van der Waals surface area contributed by atoms with Gasteiger partial charge in [0.25, 0.3) is 0 Å². The molecule has 24 heavy (non-hydrogen) atoms. The molecule has 132 valence electrons. The van der Waals surface area contributed by atoms with E-state index < -0.39 is 0 Å². The summed E-state index contributed by atoms with van der Waals surface area (Å²) in [6, 6.07) is 5.68. The lowest BCUT2D eigenvalue weighted by atomic mass is 9.83. The quantitative estimate of drug-likeness (QED) is 0.531. The van der Waals surface area contributed by atoms with Crippen LogP contribution in [0.2, 0.25) is 0 Å². The molecular weight excluding hydrogens is 304 g/mol. The lowest BCUT2D eigenvalue weighted by Crippen LogP contribution is -2.25. The lowest BCUT2D eigenvalue weighted by molar-refractivity contribution is -0.149. The van der Waals surface area contributed by atoms with Crippen LogP contribution in [0.3, 0.4) is 0 Å². The number of hydrogen-bond acceptors (Lipinski definition) is 4. The Morgan fingerprint density at radius 1 is 1.04 bits per heavy atom. The molecule has 0 bridgehead atoms. The van der Waals surface area contributed by atoms with Gasteiger partial charge < -0.3 is 9.47 Å². The number of esters is 2. The SMILES string of the molecule is CCCCOC(=O)c1ccc2c(c1)CCC(C(=O)OCCCC)C2. The molecule has 0 amide bonds. The van der Waals surface area contributed by atoms with Crippen molar-refractivity contribution >= 4 is 11.9 Å². The maximum absolute atomic E-state index is 12.1. The Morgan fingerprint density at radius 2 is 1.75 bits per heavy atom. The molecule has 1 aromatic carbocycles. The Bertz CT molecular complexity index is 565. The number of unbranched alkanes of at least 4 members (excludes halogenated alkanes) is 2. The zero-order chi connectivity index (χ0) is 17.4. The Morgan fingerprint density at radius 3 is 2.46 bits per heavy atom. The zero-order valence-corrected chi connectivity index (χ0v) is 14.8. The van der Waals surface area contributed by atoms with Crippen LogP contribution >= 0.6 is 0 Å². The topological polar surface area (TPSA) is 52.6 Å². The van der Waals surface area contributed by atoms with Crippen LogP contribution in [0, 0.1) is 5.92 Å². The first-order valence-corrected chi connectivity index (χ1v) is 9.11. The number of rotatable bonds is 8. The summed E-state index contributed by atoms with van der Waals surface area (Å²) in [5, 5.41) is 0. The predicted molar refractivity (Wildman–Crippen MR) is 93.0 cm³/mol. The fourth-order valence-electron chi connectivity index (χ4n) is 2.91. The maximum atomic E-state index is 12.1. The molecule has 0 heterocycles. The van der Waals surface area contributed by atoms with Crippen LogP contribution < -0.4 is 0 Å². The third-order valence-corrected chi connectivity index (χ3v) is 4.48. The van der Waals surface area contributed by atoms with Gasteiger partial charge in [-0.3, -0.25) is 4.79 Å². The number of carbonyl (C=O) groups excluding carboxylic acids is 2. The van der Waals surface area contributed by atoms with Crippen LogP contribution in [0.15, 0.2) is 18.2 Å². The highest BCUT2D eigenvalue weighted by atomic mass is 16.5. The molecule has 0 N–H and O–H groups in total. The van der Waals surface area contributed by atoms with Gasteiger partial charge >= 0.3 is 11.9 Å². The number of hydrogen-bond donors (Lipinski definition) is 0. The van der Waals surface area contributed by atoms with E-state index in [9.17, 15) is 9.59 Å². The summed E-state index contributed by atoms with van der Waals surface area (Å²) in [6.07, 6.45) is 6.12. The molecule has 0 fully saturated rings. The van der Waals surface area contributed by atoms with E-state index in [1.54, 1.807) is 6.07 Å². The Labute approximate surface area is 144 Å². The summed E-state index contributed by atoms with van der Waals surface area (Å²) in [4.78, 5) is 24.1. The Hall–Kier alpha value is -1.84. The first-order valence-electron chi connectivity index (χ1n) is 9.11. The van der Waals surface area contributed by atoms with Crippen LogP contribution in [0.25, 0.3) is 0 Å². The van der Waals surface area contributed by atoms with E-state index in [4.69, 9.17) is 9.47 Å². The molecule has 4 nitrogen and oxygen atoms in total. The van der Waals surface area contributed by atoms with Crippen LogP contribution in [-0.4, -0.2) is 25.2 Å². The van der Waals surface area contributed by atoms with Crippen LogP contribution in [0.1, 0.15) is 67.4 Å². The summed E-state index contributed by atoms with van der Waals surface area (Å²) in [5.41, 5.74) is 2.90. The standard InChI is InChI=1S/C20H28O4/c1-3-5-11-23-19(21)17-9-7-16-14-18(10-8-15(16)13-17)20(22)24-12-6-4-2/h7,9,13,18H,3-6,8,10-12,14H2,1-2H3. The van der Waals surface area contributed by atoms with Gasteiger partial charge in [-0.05, 0) is 55.4 Å². The molecule has 1 aliphatic rings. The number of carbonyl (C=O) groups is 2. The third-order valence-electron chi connectivity index (χ3n) is 4.48. The molecule has 4 heteroatoms. The number of benzene rings is 1. The molecule has 0 radical (unpaired) electrons. The van der Waals surface area contributed by atoms with Crippen molar-refractivity contribution in [1.82, 2.24) is 0 Å². The number of ether oxygens (including phenoxy) is 2. The normalized spacial score (nSPS) is 16.3. The molecule has 1 aliphatic carbocycles. The van der Waals surface area contributed by atoms with Gasteiger partial charge in [0, 0.05) is 0 Å². The minimum Gasteiger partial charge on any atom is -0.465 e. The Balaban J connectivity index is 1.93. The van der Waals surface area contributed by atoms with Crippen LogP contribution in [0.5, 0.6) is 0 Å². The molecule has 1 aromatic rings. The van der Waals surface area contributed by atoms with Crippen molar-refractivity contribution in [3.63, 3.8) is 0 Å². The maximum Gasteiger partial charge on any atom is 0.338 e. The van der Waals surface area contributed by atoms with E-state index in [-0.39, 0.29) is 17.9 Å². The average molecular weight is 332 g/mol. The van der Waals surface area contributed by atoms with Crippen molar-refractivity contribution in [2.24, 2.45) is 5.92 Å². The van der Waals surface area contributed by atoms with Crippen molar-refractivity contribution in [1.29, 1.82) is 0 Å². The summed E-state index contributed by atoms with van der Waals surface area (Å²) >= 11 is 0. The number of aryl methyl sites for hydroxylation is 1. The summed E-state index contributed by atoms with van der Waals surface area (Å²) in [7, 11) is 0. The van der Waals surface area contributed by atoms with Gasteiger partial charge in [-0.2, -0.15) is 0 Å². The second kappa shape index (κ2) is 9.45. The monoisotopic (exact) mass is 332 g/mol. The van der Waals surface area contributed by atoms with Gasteiger partial charge in [-0.25, -0.2) is 4.79 Å². The fraction of sp³-hybridized carbons (Fsp3) is 0.600. The van der Waals surface area contributed by atoms with E-state index >= 15 is 0 Å². The largest absolute Gasteiger partial charge is 0.465 e. The molecule has 0 aliphatic heterocycles. The van der Waals surface area contributed by atoms with Crippen LogP contribution in [0.4, 0.5) is 0 Å². The van der Waals surface area contributed by atoms with Gasteiger partial charge in [-0.15, -0.1) is 0 Å². The zero-order valence-electron chi connectivity index (χ0n) is 14.8. The van der Waals surface area contributed by atoms with Crippen molar-refractivity contribution in [3.05, 3.63) is 34.9 Å². The van der Waals surface area contributed by atoms with Gasteiger partial charge in [-0.1, -0.05) is 32.8 Å². The smallest absolute Gasteiger partial charge is 0.338 e. The molecule has 1 atom stereocenters. The average Bonchev–Trinajstić information content (AvgIpc) is 2.61. The van der Waals surface area contributed by atoms with Crippen molar-refractivity contribution in [2.75, 3.05) is 13.2 Å². The van der Waals surface area contributed by atoms with E-state index in [0.717, 1.165) is 49.7 Å². The number of fused-ring (bicyclic) bond motifs is 1. The van der Waals surface area contributed by atoms with Gasteiger partial charge in [0.15, 0.2) is 0 Å². The van der Waals surface area contributed by atoms with Crippen LogP contribution in [-0.2, 0) is 27.1 Å². The van der Waals surface area contributed by atoms with Gasteiger partial charge in [0.1, 0.15) is 0 Å². The summed E-state index contributed by atoms with van der Waals surface area (Å²) in [6.45, 7) is 5.13. The third kappa shape index (κ3) is 5.08. The highest BCUT2D eigenvalue weighted by Gasteiger charge is 2.26. The molecule has 1 unspecified atom stereocenters. The summed E-state index contributed by atoms with van der Waals surface area (Å²) < 4.78 is 10.6. The minimum absolute atomic E-state index is 0.0586. The Kier molecular flexibility index (Phi) is 7.29. The van der Waals surface area contributed by atoms with Gasteiger partial charge in [0.05, 0.1) is 24.7 Å². The van der Waals surface area contributed by atoms with E-state index in [0.29, 0.717) is 25.2 Å². The predicted octanol–water partition coefficient (Wildman–Crippen LogP) is 4.09. The molecule has 2 rings (SSSR count). The van der Waals surface area contributed by atoms with Gasteiger partial charge in [0.2, 0.25) is 0 Å². The second-order valence-corrected chi connectivity index (χ2v) is 6.43. The van der Waals surface area contributed by atoms with E-state index in [2.05, 4.69) is 13.8 Å². The van der Waals surface area contributed by atoms with E-state index in [1.807, 2.05) is 12.1 Å². The van der Waals surface area contributed by atoms with Crippen molar-refractivity contribution in [2.45, 2.75) is 58.8 Å². The fourth-order valence-corrected chi connectivity index (χ4v) is 2.91. The molecule has 0 spiro atoms. The minimum atomic E-state index is -0.257. The molecule has 0 saturated heterocycles. The first-order chi connectivity index (χ1) is 11.7. The first kappa shape index (κ1) is 18.5. The van der Waals surface area contributed by atoms with E-state index in [1.165, 1.54) is 0 Å². The van der Waals surface area contributed by atoms with Crippen molar-refractivity contribution < 1.29 is 19.1 Å². The molecule has 0 aromatic heterocycles. The molecule has 0 saturated carbocycles. The highest BCUT2D eigenvalue weighted by Crippen LogP contribution is 2.27. The summed E-state index contributed by atoms with van der Waals surface area (Å²) in [5.74, 6) is -0.402. The second-order valence-electron chi connectivity index (χ2n) is 6.43. The molecular formula is C20H28O4. The highest BCUT2D eigenvalue weighted by molar-refractivity contribution is 5.89. The lowest BCUT2D eigenvalue weighted by Gasteiger charge is -2.23. The van der Waals surface area contributed by atoms with Crippen molar-refractivity contribution in [3.8, 4) is 0 Å².